The fourth-order valence-corrected chi connectivity index (χ4v) is 4.54. The summed E-state index contributed by atoms with van der Waals surface area (Å²) in [5.41, 5.74) is 8.25. The third kappa shape index (κ3) is 3.81. The molecule has 164 valence electrons. The van der Waals surface area contributed by atoms with Crippen LogP contribution in [0.15, 0.2) is 60.7 Å². The maximum atomic E-state index is 13.6. The van der Waals surface area contributed by atoms with Gasteiger partial charge in [-0.1, -0.05) is 43.3 Å². The standard InChI is InChI=1S/C28H30N2O2/c1-18-15-19(2)22(5)24(21(18)4)17-30-26-14-10-9-13-25(26)29(16-20(3)27(30)31)28(32)23-11-7-6-8-12-23/h6-15,20H,16-17H2,1-5H3. The molecule has 4 heteroatoms. The minimum atomic E-state index is -0.318. The first-order valence-corrected chi connectivity index (χ1v) is 11.1. The lowest BCUT2D eigenvalue weighted by molar-refractivity contribution is -0.121. The van der Waals surface area contributed by atoms with Gasteiger partial charge in [0, 0.05) is 12.1 Å². The van der Waals surface area contributed by atoms with E-state index < -0.39 is 0 Å². The summed E-state index contributed by atoms with van der Waals surface area (Å²) in [4.78, 5) is 30.6. The highest BCUT2D eigenvalue weighted by atomic mass is 16.2. The van der Waals surface area contributed by atoms with Crippen molar-refractivity contribution in [1.82, 2.24) is 0 Å². The van der Waals surface area contributed by atoms with Crippen LogP contribution in [0.1, 0.15) is 45.1 Å². The SMILES string of the molecule is Cc1cc(C)c(C)c(CN2C(=O)C(C)CN(C(=O)c3ccccc3)c3ccccc32)c1C. The molecule has 0 saturated carbocycles. The monoisotopic (exact) mass is 426 g/mol. The highest BCUT2D eigenvalue weighted by molar-refractivity contribution is 6.11. The quantitative estimate of drug-likeness (QED) is 0.535. The van der Waals surface area contributed by atoms with Crippen molar-refractivity contribution in [3.8, 4) is 0 Å². The number of carbonyl (C=O) groups is 2. The molecule has 4 rings (SSSR count). The number of hydrogen-bond acceptors (Lipinski definition) is 2. The van der Waals surface area contributed by atoms with E-state index in [1.165, 1.54) is 27.8 Å². The molecule has 4 nitrogen and oxygen atoms in total. The first-order valence-electron chi connectivity index (χ1n) is 11.1. The third-order valence-electron chi connectivity index (χ3n) is 6.71. The maximum absolute atomic E-state index is 13.6. The van der Waals surface area contributed by atoms with E-state index in [-0.39, 0.29) is 17.7 Å². The van der Waals surface area contributed by atoms with Crippen LogP contribution in [-0.2, 0) is 11.3 Å². The zero-order valence-corrected chi connectivity index (χ0v) is 19.5. The number of fused-ring (bicyclic) bond motifs is 1. The predicted molar refractivity (Wildman–Crippen MR) is 130 cm³/mol. The van der Waals surface area contributed by atoms with Gasteiger partial charge in [0.1, 0.15) is 0 Å². The first-order chi connectivity index (χ1) is 15.3. The molecule has 1 aliphatic rings. The topological polar surface area (TPSA) is 40.6 Å². The second-order valence-corrected chi connectivity index (χ2v) is 8.83. The van der Waals surface area contributed by atoms with Crippen LogP contribution in [0.3, 0.4) is 0 Å². The summed E-state index contributed by atoms with van der Waals surface area (Å²) in [5.74, 6) is -0.362. The van der Waals surface area contributed by atoms with Crippen LogP contribution in [0.25, 0.3) is 0 Å². The highest BCUT2D eigenvalue weighted by Gasteiger charge is 2.34. The fraction of sp³-hybridized carbons (Fsp3) is 0.286. The predicted octanol–water partition coefficient (Wildman–Crippen LogP) is 5.75. The summed E-state index contributed by atoms with van der Waals surface area (Å²) < 4.78 is 0. The molecule has 0 aliphatic carbocycles. The summed E-state index contributed by atoms with van der Waals surface area (Å²) in [5, 5.41) is 0. The molecule has 3 aromatic carbocycles. The zero-order valence-electron chi connectivity index (χ0n) is 19.5. The average Bonchev–Trinajstić information content (AvgIpc) is 2.90. The van der Waals surface area contributed by atoms with E-state index in [2.05, 4.69) is 33.8 Å². The van der Waals surface area contributed by atoms with Crippen molar-refractivity contribution in [1.29, 1.82) is 0 Å². The minimum absolute atomic E-state index is 0.0405. The van der Waals surface area contributed by atoms with Gasteiger partial charge in [-0.25, -0.2) is 0 Å². The Kier molecular flexibility index (Phi) is 5.88. The molecule has 0 N–H and O–H groups in total. The van der Waals surface area contributed by atoms with E-state index in [0.717, 1.165) is 11.4 Å². The average molecular weight is 427 g/mol. The molecule has 1 heterocycles. The molecule has 1 unspecified atom stereocenters. The van der Waals surface area contributed by atoms with E-state index in [0.29, 0.717) is 18.7 Å². The number of benzene rings is 3. The van der Waals surface area contributed by atoms with Crippen LogP contribution < -0.4 is 9.80 Å². The molecule has 0 bridgehead atoms. The van der Waals surface area contributed by atoms with Gasteiger partial charge in [-0.05, 0) is 79.8 Å². The van der Waals surface area contributed by atoms with E-state index in [9.17, 15) is 9.59 Å². The molecule has 0 spiro atoms. The lowest BCUT2D eigenvalue weighted by Gasteiger charge is -2.27. The molecule has 0 saturated heterocycles. The smallest absolute Gasteiger partial charge is 0.258 e. The molecule has 1 aliphatic heterocycles. The van der Waals surface area contributed by atoms with Crippen LogP contribution in [0, 0.1) is 33.6 Å². The summed E-state index contributed by atoms with van der Waals surface area (Å²) >= 11 is 0. The third-order valence-corrected chi connectivity index (χ3v) is 6.71. The highest BCUT2D eigenvalue weighted by Crippen LogP contribution is 2.37. The van der Waals surface area contributed by atoms with Gasteiger partial charge in [0.05, 0.1) is 23.8 Å². The Labute approximate surface area is 190 Å². The Morgan fingerprint density at radius 1 is 0.875 bits per heavy atom. The number of amides is 2. The Hall–Kier alpha value is -3.40. The maximum Gasteiger partial charge on any atom is 0.258 e. The van der Waals surface area contributed by atoms with Crippen LogP contribution >= 0.6 is 0 Å². The van der Waals surface area contributed by atoms with E-state index >= 15 is 0 Å². The van der Waals surface area contributed by atoms with E-state index in [1.54, 1.807) is 4.90 Å². The molecule has 0 fully saturated rings. The van der Waals surface area contributed by atoms with Crippen molar-refractivity contribution in [3.05, 3.63) is 94.0 Å². The second kappa shape index (κ2) is 8.62. The number of aryl methyl sites for hydroxylation is 2. The molecule has 32 heavy (non-hydrogen) atoms. The van der Waals surface area contributed by atoms with Gasteiger partial charge >= 0.3 is 0 Å². The first kappa shape index (κ1) is 21.8. The molecule has 0 radical (unpaired) electrons. The summed E-state index contributed by atoms with van der Waals surface area (Å²) in [6.45, 7) is 11.2. The van der Waals surface area contributed by atoms with Gasteiger partial charge in [0.2, 0.25) is 5.91 Å². The van der Waals surface area contributed by atoms with Crippen molar-refractivity contribution in [2.24, 2.45) is 5.92 Å². The van der Waals surface area contributed by atoms with Crippen LogP contribution in [0.4, 0.5) is 11.4 Å². The number of hydrogen-bond donors (Lipinski definition) is 0. The molecule has 2 amide bonds. The van der Waals surface area contributed by atoms with E-state index in [1.807, 2.05) is 66.4 Å². The van der Waals surface area contributed by atoms with Crippen LogP contribution in [-0.4, -0.2) is 18.4 Å². The number of carbonyl (C=O) groups excluding carboxylic acids is 2. The molecule has 3 aromatic rings. The van der Waals surface area contributed by atoms with Gasteiger partial charge < -0.3 is 9.80 Å². The van der Waals surface area contributed by atoms with Crippen LogP contribution in [0.5, 0.6) is 0 Å². The van der Waals surface area contributed by atoms with Crippen molar-refractivity contribution in [2.75, 3.05) is 16.3 Å². The van der Waals surface area contributed by atoms with Crippen LogP contribution in [0.2, 0.25) is 0 Å². The fourth-order valence-electron chi connectivity index (χ4n) is 4.54. The largest absolute Gasteiger partial charge is 0.306 e. The van der Waals surface area contributed by atoms with Gasteiger partial charge in [-0.15, -0.1) is 0 Å². The van der Waals surface area contributed by atoms with Crippen molar-refractivity contribution >= 4 is 23.2 Å². The van der Waals surface area contributed by atoms with Gasteiger partial charge in [0.25, 0.3) is 5.91 Å². The van der Waals surface area contributed by atoms with Crippen molar-refractivity contribution in [2.45, 2.75) is 41.2 Å². The van der Waals surface area contributed by atoms with Crippen molar-refractivity contribution in [3.63, 3.8) is 0 Å². The Balaban J connectivity index is 1.82. The summed E-state index contributed by atoms with van der Waals surface area (Å²) in [7, 11) is 0. The van der Waals surface area contributed by atoms with Gasteiger partial charge in [-0.3, -0.25) is 9.59 Å². The zero-order chi connectivity index (χ0) is 23.0. The van der Waals surface area contributed by atoms with Gasteiger partial charge in [0.15, 0.2) is 0 Å². The number of para-hydroxylation sites is 2. The molecular formula is C28H30N2O2. The number of rotatable bonds is 3. The Bertz CT molecular complexity index is 1160. The lowest BCUT2D eigenvalue weighted by atomic mass is 9.93. The van der Waals surface area contributed by atoms with Crippen molar-refractivity contribution < 1.29 is 9.59 Å². The number of anilines is 2. The summed E-state index contributed by atoms with van der Waals surface area (Å²) in [6.07, 6.45) is 0. The Morgan fingerprint density at radius 3 is 2.06 bits per heavy atom. The molecular weight excluding hydrogens is 396 g/mol. The Morgan fingerprint density at radius 2 is 1.44 bits per heavy atom. The molecule has 1 atom stereocenters. The number of nitrogens with zero attached hydrogens (tertiary/aromatic N) is 2. The minimum Gasteiger partial charge on any atom is -0.306 e. The van der Waals surface area contributed by atoms with E-state index in [4.69, 9.17) is 0 Å². The lowest BCUT2D eigenvalue weighted by Crippen LogP contribution is -2.38. The van der Waals surface area contributed by atoms with Gasteiger partial charge in [-0.2, -0.15) is 0 Å². The normalized spacial score (nSPS) is 16.0. The summed E-state index contributed by atoms with van der Waals surface area (Å²) in [6, 6.07) is 19.2. The molecule has 0 aromatic heterocycles. The second-order valence-electron chi connectivity index (χ2n) is 8.83.